The Morgan fingerprint density at radius 3 is 2.71 bits per heavy atom. The minimum absolute atomic E-state index is 0.270. The number of ether oxygens (including phenoxy) is 2. The van der Waals surface area contributed by atoms with E-state index in [1.807, 2.05) is 61.0 Å². The van der Waals surface area contributed by atoms with Gasteiger partial charge in [0.1, 0.15) is 22.9 Å². The molecule has 2 aromatic heterocycles. The van der Waals surface area contributed by atoms with Crippen molar-refractivity contribution in [3.05, 3.63) is 66.5 Å². The van der Waals surface area contributed by atoms with Crippen LogP contribution in [0.1, 0.15) is 17.4 Å². The minimum atomic E-state index is -0.270. The standard InChI is InChI=1S/C23H23N5O3/c1-4-30-21-8-6-5-7-17(21)26-23-27-18-13-15(9-10-20(18)28(23)3)31-16-11-12-25-19(14-16)22(29)24-2/h5-14H,4H2,1-3H3,(H,24,29)(H,26,27). The number of para-hydroxylation sites is 2. The van der Waals surface area contributed by atoms with Crippen LogP contribution < -0.4 is 20.1 Å². The molecule has 0 bridgehead atoms. The molecule has 0 saturated carbocycles. The summed E-state index contributed by atoms with van der Waals surface area (Å²) in [5.74, 6) is 2.32. The summed E-state index contributed by atoms with van der Waals surface area (Å²) in [6, 6.07) is 16.7. The SMILES string of the molecule is CCOc1ccccc1Nc1nc2cc(Oc3ccnc(C(=O)NC)c3)ccc2n1C. The van der Waals surface area contributed by atoms with Crippen molar-refractivity contribution in [2.75, 3.05) is 19.0 Å². The summed E-state index contributed by atoms with van der Waals surface area (Å²) in [6.45, 7) is 2.53. The van der Waals surface area contributed by atoms with Crippen molar-refractivity contribution in [3.8, 4) is 17.2 Å². The number of nitrogens with zero attached hydrogens (tertiary/aromatic N) is 3. The zero-order valence-corrected chi connectivity index (χ0v) is 17.5. The smallest absolute Gasteiger partial charge is 0.269 e. The molecule has 1 amide bonds. The molecule has 4 rings (SSSR count). The first-order valence-electron chi connectivity index (χ1n) is 9.90. The zero-order chi connectivity index (χ0) is 21.8. The van der Waals surface area contributed by atoms with E-state index in [-0.39, 0.29) is 5.91 Å². The second-order valence-electron chi connectivity index (χ2n) is 6.76. The first-order chi connectivity index (χ1) is 15.1. The van der Waals surface area contributed by atoms with Crippen LogP contribution >= 0.6 is 0 Å². The Balaban J connectivity index is 1.60. The highest BCUT2D eigenvalue weighted by Crippen LogP contribution is 2.30. The molecule has 0 spiro atoms. The van der Waals surface area contributed by atoms with Gasteiger partial charge in [0, 0.05) is 32.4 Å². The average Bonchev–Trinajstić information content (AvgIpc) is 3.09. The number of hydrogen-bond donors (Lipinski definition) is 2. The van der Waals surface area contributed by atoms with Gasteiger partial charge in [-0.3, -0.25) is 9.78 Å². The Hall–Kier alpha value is -4.07. The van der Waals surface area contributed by atoms with Crippen LogP contribution in [0.2, 0.25) is 0 Å². The quantitative estimate of drug-likeness (QED) is 0.467. The van der Waals surface area contributed by atoms with Crippen LogP contribution in [0.15, 0.2) is 60.8 Å². The molecule has 8 heteroatoms. The molecule has 0 radical (unpaired) electrons. The fourth-order valence-corrected chi connectivity index (χ4v) is 3.19. The number of carbonyl (C=O) groups excluding carboxylic acids is 1. The van der Waals surface area contributed by atoms with Gasteiger partial charge in [-0.15, -0.1) is 0 Å². The fraction of sp³-hybridized carbons (Fsp3) is 0.174. The van der Waals surface area contributed by atoms with Crippen molar-refractivity contribution in [1.82, 2.24) is 19.9 Å². The van der Waals surface area contributed by atoms with E-state index in [2.05, 4.69) is 15.6 Å². The molecule has 0 aliphatic heterocycles. The Morgan fingerprint density at radius 2 is 1.90 bits per heavy atom. The van der Waals surface area contributed by atoms with E-state index in [4.69, 9.17) is 14.5 Å². The molecule has 4 aromatic rings. The molecule has 0 aliphatic rings. The van der Waals surface area contributed by atoms with Gasteiger partial charge in [0.05, 0.1) is 23.3 Å². The highest BCUT2D eigenvalue weighted by Gasteiger charge is 2.12. The topological polar surface area (TPSA) is 90.3 Å². The summed E-state index contributed by atoms with van der Waals surface area (Å²) in [4.78, 5) is 20.6. The van der Waals surface area contributed by atoms with Crippen molar-refractivity contribution in [1.29, 1.82) is 0 Å². The number of imidazole rings is 1. The molecule has 0 fully saturated rings. The number of aryl methyl sites for hydroxylation is 1. The third-order valence-electron chi connectivity index (χ3n) is 4.71. The van der Waals surface area contributed by atoms with E-state index in [1.165, 1.54) is 6.20 Å². The van der Waals surface area contributed by atoms with E-state index in [9.17, 15) is 4.79 Å². The van der Waals surface area contributed by atoms with Gasteiger partial charge in [-0.2, -0.15) is 0 Å². The van der Waals surface area contributed by atoms with Crippen LogP contribution in [-0.2, 0) is 7.05 Å². The van der Waals surface area contributed by atoms with Gasteiger partial charge in [-0.25, -0.2) is 4.98 Å². The molecule has 0 aliphatic carbocycles. The Morgan fingerprint density at radius 1 is 1.10 bits per heavy atom. The Bertz CT molecular complexity index is 1240. The lowest BCUT2D eigenvalue weighted by molar-refractivity contribution is 0.0958. The molecule has 8 nitrogen and oxygen atoms in total. The lowest BCUT2D eigenvalue weighted by atomic mass is 10.3. The molecular weight excluding hydrogens is 394 g/mol. The summed E-state index contributed by atoms with van der Waals surface area (Å²) in [5.41, 5.74) is 2.86. The van der Waals surface area contributed by atoms with Gasteiger partial charge in [0.25, 0.3) is 5.91 Å². The van der Waals surface area contributed by atoms with Crippen LogP contribution in [-0.4, -0.2) is 34.1 Å². The van der Waals surface area contributed by atoms with Crippen molar-refractivity contribution in [2.24, 2.45) is 7.05 Å². The predicted molar refractivity (Wildman–Crippen MR) is 119 cm³/mol. The highest BCUT2D eigenvalue weighted by molar-refractivity contribution is 5.92. The van der Waals surface area contributed by atoms with Crippen molar-refractivity contribution in [3.63, 3.8) is 0 Å². The highest BCUT2D eigenvalue weighted by atomic mass is 16.5. The van der Waals surface area contributed by atoms with Crippen LogP contribution in [0.3, 0.4) is 0 Å². The largest absolute Gasteiger partial charge is 0.492 e. The Labute approximate surface area is 179 Å². The third-order valence-corrected chi connectivity index (χ3v) is 4.71. The number of nitrogens with one attached hydrogen (secondary N) is 2. The monoisotopic (exact) mass is 417 g/mol. The lowest BCUT2D eigenvalue weighted by Gasteiger charge is -2.11. The summed E-state index contributed by atoms with van der Waals surface area (Å²) >= 11 is 0. The van der Waals surface area contributed by atoms with Gasteiger partial charge < -0.3 is 24.7 Å². The molecular formula is C23H23N5O3. The molecule has 158 valence electrons. The molecule has 2 aromatic carbocycles. The van der Waals surface area contributed by atoms with Crippen LogP contribution in [0.4, 0.5) is 11.6 Å². The van der Waals surface area contributed by atoms with Gasteiger partial charge in [-0.05, 0) is 37.3 Å². The summed E-state index contributed by atoms with van der Waals surface area (Å²) in [5, 5.41) is 5.90. The first kappa shape index (κ1) is 20.2. The molecule has 0 unspecified atom stereocenters. The maximum absolute atomic E-state index is 11.8. The minimum Gasteiger partial charge on any atom is -0.492 e. The molecule has 2 N–H and O–H groups in total. The number of amides is 1. The molecule has 0 saturated heterocycles. The predicted octanol–water partition coefficient (Wildman–Crippen LogP) is 4.26. The first-order valence-corrected chi connectivity index (χ1v) is 9.90. The maximum atomic E-state index is 11.8. The van der Waals surface area contributed by atoms with Crippen LogP contribution in [0.25, 0.3) is 11.0 Å². The van der Waals surface area contributed by atoms with E-state index >= 15 is 0 Å². The molecule has 0 atom stereocenters. The normalized spacial score (nSPS) is 10.7. The second-order valence-corrected chi connectivity index (χ2v) is 6.76. The number of carbonyl (C=O) groups is 1. The Kier molecular flexibility index (Phi) is 5.70. The number of hydrogen-bond acceptors (Lipinski definition) is 6. The molecule has 31 heavy (non-hydrogen) atoms. The van der Waals surface area contributed by atoms with E-state index in [0.29, 0.717) is 29.7 Å². The third kappa shape index (κ3) is 4.28. The number of pyridine rings is 1. The summed E-state index contributed by atoms with van der Waals surface area (Å²) in [7, 11) is 3.50. The van der Waals surface area contributed by atoms with Gasteiger partial charge in [0.2, 0.25) is 5.95 Å². The number of rotatable bonds is 7. The number of fused-ring (bicyclic) bond motifs is 1. The zero-order valence-electron chi connectivity index (χ0n) is 17.5. The summed E-state index contributed by atoms with van der Waals surface area (Å²) < 4.78 is 13.6. The number of benzene rings is 2. The van der Waals surface area contributed by atoms with Gasteiger partial charge >= 0.3 is 0 Å². The van der Waals surface area contributed by atoms with E-state index < -0.39 is 0 Å². The average molecular weight is 417 g/mol. The van der Waals surface area contributed by atoms with Crippen LogP contribution in [0.5, 0.6) is 17.2 Å². The maximum Gasteiger partial charge on any atom is 0.269 e. The number of aromatic nitrogens is 3. The van der Waals surface area contributed by atoms with Gasteiger partial charge in [0.15, 0.2) is 0 Å². The second kappa shape index (κ2) is 8.74. The molecule has 2 heterocycles. The van der Waals surface area contributed by atoms with E-state index in [0.717, 1.165) is 22.5 Å². The van der Waals surface area contributed by atoms with Gasteiger partial charge in [-0.1, -0.05) is 12.1 Å². The van der Waals surface area contributed by atoms with Crippen molar-refractivity contribution in [2.45, 2.75) is 6.92 Å². The fourth-order valence-electron chi connectivity index (χ4n) is 3.19. The van der Waals surface area contributed by atoms with Crippen molar-refractivity contribution >= 4 is 28.6 Å². The van der Waals surface area contributed by atoms with E-state index in [1.54, 1.807) is 19.2 Å². The van der Waals surface area contributed by atoms with Crippen molar-refractivity contribution < 1.29 is 14.3 Å². The number of anilines is 2. The van der Waals surface area contributed by atoms with Crippen LogP contribution in [0, 0.1) is 0 Å². The lowest BCUT2D eigenvalue weighted by Crippen LogP contribution is -2.18. The summed E-state index contributed by atoms with van der Waals surface area (Å²) in [6.07, 6.45) is 1.54.